The van der Waals surface area contributed by atoms with E-state index in [1.54, 1.807) is 36.2 Å². The molecule has 0 unspecified atom stereocenters. The maximum Gasteiger partial charge on any atom is 0.246 e. The van der Waals surface area contributed by atoms with Crippen molar-refractivity contribution in [2.75, 3.05) is 31.1 Å². The third kappa shape index (κ3) is 3.72. The van der Waals surface area contributed by atoms with E-state index in [-0.39, 0.29) is 0 Å². The van der Waals surface area contributed by atoms with Gasteiger partial charge in [-0.2, -0.15) is 9.40 Å². The van der Waals surface area contributed by atoms with Crippen LogP contribution in [0.25, 0.3) is 5.82 Å². The molecule has 4 heterocycles. The topological polar surface area (TPSA) is 102 Å². The van der Waals surface area contributed by atoms with Gasteiger partial charge in [0.1, 0.15) is 28.7 Å². The molecule has 31 heavy (non-hydrogen) atoms. The Hall–Kier alpha value is -2.79. The molecule has 1 saturated heterocycles. The lowest BCUT2D eigenvalue weighted by molar-refractivity contribution is 0.383. The number of piperazine rings is 1. The van der Waals surface area contributed by atoms with E-state index < -0.39 is 10.0 Å². The number of aryl methyl sites for hydroxylation is 4. The Kier molecular flexibility index (Phi) is 5.34. The third-order valence-electron chi connectivity index (χ3n) is 5.91. The average molecular weight is 445 g/mol. The molecule has 0 aromatic carbocycles. The zero-order valence-corrected chi connectivity index (χ0v) is 19.6. The van der Waals surface area contributed by atoms with Crippen molar-refractivity contribution in [3.63, 3.8) is 0 Å². The van der Waals surface area contributed by atoms with Gasteiger partial charge in [0.05, 0.1) is 17.1 Å². The molecule has 3 aromatic rings. The van der Waals surface area contributed by atoms with Gasteiger partial charge in [0.25, 0.3) is 0 Å². The molecule has 0 atom stereocenters. The first-order valence-electron chi connectivity index (χ1n) is 10.2. The fourth-order valence-electron chi connectivity index (χ4n) is 3.97. The van der Waals surface area contributed by atoms with E-state index in [2.05, 4.69) is 25.0 Å². The molecule has 166 valence electrons. The summed E-state index contributed by atoms with van der Waals surface area (Å²) in [4.78, 5) is 15.9. The average Bonchev–Trinajstić information content (AvgIpc) is 3.19. The molecule has 11 heteroatoms. The highest BCUT2D eigenvalue weighted by Crippen LogP contribution is 2.25. The van der Waals surface area contributed by atoms with Crippen molar-refractivity contribution in [1.29, 1.82) is 0 Å². The van der Waals surface area contributed by atoms with Crippen LogP contribution in [0.5, 0.6) is 0 Å². The van der Waals surface area contributed by atoms with Gasteiger partial charge in [-0.15, -0.1) is 0 Å². The van der Waals surface area contributed by atoms with Crippen LogP contribution in [0.15, 0.2) is 17.3 Å². The maximum atomic E-state index is 13.2. The lowest BCUT2D eigenvalue weighted by atomic mass is 10.3. The molecule has 0 spiro atoms. The number of sulfonamides is 1. The smallest absolute Gasteiger partial charge is 0.246 e. The van der Waals surface area contributed by atoms with Crippen molar-refractivity contribution in [1.82, 2.24) is 33.6 Å². The van der Waals surface area contributed by atoms with Crippen LogP contribution in [-0.4, -0.2) is 68.2 Å². The summed E-state index contributed by atoms with van der Waals surface area (Å²) in [6.07, 6.45) is 1.76. The SMILES string of the molecule is Cc1nc(N2CCN(S(=O)(=O)c3c(C)nn(C)c3C)CC2)cc(-n2cnc(C)c2C)n1. The third-order valence-corrected chi connectivity index (χ3v) is 8.06. The summed E-state index contributed by atoms with van der Waals surface area (Å²) in [6, 6.07) is 1.93. The lowest BCUT2D eigenvalue weighted by Crippen LogP contribution is -2.49. The van der Waals surface area contributed by atoms with E-state index >= 15 is 0 Å². The molecule has 4 rings (SSSR count). The minimum Gasteiger partial charge on any atom is -0.354 e. The summed E-state index contributed by atoms with van der Waals surface area (Å²) >= 11 is 0. The Morgan fingerprint density at radius 3 is 2.06 bits per heavy atom. The van der Waals surface area contributed by atoms with Crippen LogP contribution >= 0.6 is 0 Å². The number of anilines is 1. The van der Waals surface area contributed by atoms with Gasteiger partial charge in [-0.05, 0) is 34.6 Å². The normalized spacial score (nSPS) is 15.6. The zero-order valence-electron chi connectivity index (χ0n) is 18.8. The van der Waals surface area contributed by atoms with Crippen molar-refractivity contribution in [2.24, 2.45) is 7.05 Å². The van der Waals surface area contributed by atoms with Crippen LogP contribution in [0.1, 0.15) is 28.6 Å². The molecule has 0 N–H and O–H groups in total. The molecule has 1 aliphatic heterocycles. The number of nitrogens with zero attached hydrogens (tertiary/aromatic N) is 8. The largest absolute Gasteiger partial charge is 0.354 e. The van der Waals surface area contributed by atoms with Gasteiger partial charge in [0, 0.05) is 45.0 Å². The summed E-state index contributed by atoms with van der Waals surface area (Å²) in [5.74, 6) is 2.21. The van der Waals surface area contributed by atoms with Gasteiger partial charge < -0.3 is 4.90 Å². The Labute approximate surface area is 182 Å². The van der Waals surface area contributed by atoms with Gasteiger partial charge in [0.2, 0.25) is 10.0 Å². The van der Waals surface area contributed by atoms with Gasteiger partial charge in [-0.3, -0.25) is 9.25 Å². The van der Waals surface area contributed by atoms with E-state index in [4.69, 9.17) is 0 Å². The standard InChI is InChI=1S/C20H28N8O2S/c1-13-15(3)28(12-21-13)19-11-18(22-17(5)23-19)26-7-9-27(10-8-26)31(29,30)20-14(2)24-25(6)16(20)4/h11-12H,7-10H2,1-6H3. The molecular weight excluding hydrogens is 416 g/mol. The van der Waals surface area contributed by atoms with Crippen LogP contribution in [0.2, 0.25) is 0 Å². The highest BCUT2D eigenvalue weighted by atomic mass is 32.2. The van der Waals surface area contributed by atoms with Gasteiger partial charge in [-0.25, -0.2) is 23.4 Å². The van der Waals surface area contributed by atoms with Crippen molar-refractivity contribution >= 4 is 15.8 Å². The van der Waals surface area contributed by atoms with E-state index in [0.717, 1.165) is 23.0 Å². The first-order chi connectivity index (χ1) is 14.6. The van der Waals surface area contributed by atoms with E-state index in [1.807, 2.05) is 31.4 Å². The number of hydrogen-bond donors (Lipinski definition) is 0. The summed E-state index contributed by atoms with van der Waals surface area (Å²) in [7, 11) is -1.83. The molecule has 3 aromatic heterocycles. The number of hydrogen-bond acceptors (Lipinski definition) is 7. The minimum atomic E-state index is -3.59. The first-order valence-corrected chi connectivity index (χ1v) is 11.7. The molecule has 10 nitrogen and oxygen atoms in total. The highest BCUT2D eigenvalue weighted by molar-refractivity contribution is 7.89. The second kappa shape index (κ2) is 7.72. The Morgan fingerprint density at radius 1 is 0.871 bits per heavy atom. The van der Waals surface area contributed by atoms with Gasteiger partial charge >= 0.3 is 0 Å². The summed E-state index contributed by atoms with van der Waals surface area (Å²) in [5.41, 5.74) is 3.17. The maximum absolute atomic E-state index is 13.2. The summed E-state index contributed by atoms with van der Waals surface area (Å²) in [5, 5.41) is 4.27. The molecular formula is C20H28N8O2S. The summed E-state index contributed by atoms with van der Waals surface area (Å²) < 4.78 is 31.6. The molecule has 0 aliphatic carbocycles. The van der Waals surface area contributed by atoms with Crippen molar-refractivity contribution in [3.05, 3.63) is 41.0 Å². The number of aromatic nitrogens is 6. The predicted octanol–water partition coefficient (Wildman–Crippen LogP) is 1.45. The first kappa shape index (κ1) is 21.4. The number of imidazole rings is 1. The van der Waals surface area contributed by atoms with E-state index in [0.29, 0.717) is 48.3 Å². The molecule has 0 radical (unpaired) electrons. The van der Waals surface area contributed by atoms with E-state index in [9.17, 15) is 8.42 Å². The number of rotatable bonds is 4. The molecule has 0 bridgehead atoms. The summed E-state index contributed by atoms with van der Waals surface area (Å²) in [6.45, 7) is 11.2. The molecule has 0 saturated carbocycles. The van der Waals surface area contributed by atoms with Crippen molar-refractivity contribution in [2.45, 2.75) is 39.5 Å². The van der Waals surface area contributed by atoms with Crippen LogP contribution in [-0.2, 0) is 17.1 Å². The van der Waals surface area contributed by atoms with Crippen molar-refractivity contribution < 1.29 is 8.42 Å². The molecule has 1 aliphatic rings. The fourth-order valence-corrected chi connectivity index (χ4v) is 5.79. The Bertz CT molecular complexity index is 1240. The minimum absolute atomic E-state index is 0.314. The van der Waals surface area contributed by atoms with Crippen molar-refractivity contribution in [3.8, 4) is 5.82 Å². The zero-order chi connectivity index (χ0) is 22.5. The van der Waals surface area contributed by atoms with E-state index in [1.165, 1.54) is 0 Å². The fraction of sp³-hybridized carbons (Fsp3) is 0.500. The van der Waals surface area contributed by atoms with Crippen LogP contribution in [0, 0.1) is 34.6 Å². The highest BCUT2D eigenvalue weighted by Gasteiger charge is 2.33. The van der Waals surface area contributed by atoms with Gasteiger partial charge in [0.15, 0.2) is 0 Å². The second-order valence-corrected chi connectivity index (χ2v) is 9.81. The van der Waals surface area contributed by atoms with Crippen LogP contribution in [0.3, 0.4) is 0 Å². The van der Waals surface area contributed by atoms with Gasteiger partial charge in [-0.1, -0.05) is 0 Å². The predicted molar refractivity (Wildman–Crippen MR) is 117 cm³/mol. The lowest BCUT2D eigenvalue weighted by Gasteiger charge is -2.34. The van der Waals surface area contributed by atoms with Crippen LogP contribution < -0.4 is 4.90 Å². The quantitative estimate of drug-likeness (QED) is 0.600. The monoisotopic (exact) mass is 444 g/mol. The Balaban J connectivity index is 1.56. The molecule has 0 amide bonds. The van der Waals surface area contributed by atoms with Crippen LogP contribution in [0.4, 0.5) is 5.82 Å². The Morgan fingerprint density at radius 2 is 1.52 bits per heavy atom. The second-order valence-electron chi connectivity index (χ2n) is 7.93. The molecule has 1 fully saturated rings.